The van der Waals surface area contributed by atoms with Gasteiger partial charge in [0, 0.05) is 10.7 Å². The minimum atomic E-state index is -0.280. The zero-order valence-corrected chi connectivity index (χ0v) is 9.60. The van der Waals surface area contributed by atoms with Crippen LogP contribution < -0.4 is 5.32 Å². The molecule has 2 heterocycles. The maximum absolute atomic E-state index is 11.6. The summed E-state index contributed by atoms with van der Waals surface area (Å²) in [5.41, 5.74) is 0.340. The second kappa shape index (κ2) is 4.79. The number of carbonyl (C=O) groups is 1. The van der Waals surface area contributed by atoms with Crippen molar-refractivity contribution in [3.05, 3.63) is 34.3 Å². The average molecular weight is 283 g/mol. The standard InChI is InChI=1S/C8H7BrN6O/c9-5-1-2-6(10-3-5)8(16)11-4-7-12-14-15-13-7/h1-3H,4H2,(H,11,16)(H,12,13,14,15). The van der Waals surface area contributed by atoms with Crippen LogP contribution in [-0.4, -0.2) is 31.5 Å². The zero-order valence-electron chi connectivity index (χ0n) is 8.01. The topological polar surface area (TPSA) is 96.5 Å². The highest BCUT2D eigenvalue weighted by atomic mass is 79.9. The van der Waals surface area contributed by atoms with Gasteiger partial charge in [-0.1, -0.05) is 5.21 Å². The van der Waals surface area contributed by atoms with E-state index < -0.39 is 0 Å². The Morgan fingerprint density at radius 2 is 2.38 bits per heavy atom. The first kappa shape index (κ1) is 10.7. The molecule has 0 aliphatic heterocycles. The number of nitrogens with one attached hydrogen (secondary N) is 2. The van der Waals surface area contributed by atoms with Gasteiger partial charge < -0.3 is 5.32 Å². The van der Waals surface area contributed by atoms with Gasteiger partial charge in [0.25, 0.3) is 5.91 Å². The number of amides is 1. The first-order chi connectivity index (χ1) is 7.75. The Balaban J connectivity index is 1.95. The Kier molecular flexibility index (Phi) is 3.20. The molecule has 0 saturated heterocycles. The number of carbonyl (C=O) groups excluding carboxylic acids is 1. The van der Waals surface area contributed by atoms with Gasteiger partial charge in [0.15, 0.2) is 5.82 Å². The number of tetrazole rings is 1. The number of halogens is 1. The molecule has 0 aliphatic rings. The zero-order chi connectivity index (χ0) is 11.4. The molecule has 0 bridgehead atoms. The summed E-state index contributed by atoms with van der Waals surface area (Å²) in [7, 11) is 0. The SMILES string of the molecule is O=C(NCc1nn[nH]n1)c1ccc(Br)cn1. The van der Waals surface area contributed by atoms with Crippen LogP contribution in [0.4, 0.5) is 0 Å². The minimum absolute atomic E-state index is 0.215. The Labute approximate surface area is 98.8 Å². The Morgan fingerprint density at radius 1 is 1.50 bits per heavy atom. The molecule has 2 N–H and O–H groups in total. The second-order valence-corrected chi connectivity index (χ2v) is 3.79. The van der Waals surface area contributed by atoms with Crippen LogP contribution in [0.2, 0.25) is 0 Å². The molecule has 1 amide bonds. The number of hydrogen-bond acceptors (Lipinski definition) is 5. The van der Waals surface area contributed by atoms with Gasteiger partial charge >= 0.3 is 0 Å². The molecule has 0 spiro atoms. The van der Waals surface area contributed by atoms with Crippen LogP contribution in [0.15, 0.2) is 22.8 Å². The number of nitrogens with zero attached hydrogens (tertiary/aromatic N) is 4. The monoisotopic (exact) mass is 282 g/mol. The molecule has 2 aromatic heterocycles. The van der Waals surface area contributed by atoms with E-state index >= 15 is 0 Å². The largest absolute Gasteiger partial charge is 0.343 e. The Morgan fingerprint density at radius 3 is 3.00 bits per heavy atom. The number of H-pyrrole nitrogens is 1. The van der Waals surface area contributed by atoms with Crippen molar-refractivity contribution in [1.29, 1.82) is 0 Å². The first-order valence-electron chi connectivity index (χ1n) is 4.38. The molecule has 0 fully saturated rings. The lowest BCUT2D eigenvalue weighted by molar-refractivity contribution is 0.0945. The molecule has 7 nitrogen and oxygen atoms in total. The third-order valence-electron chi connectivity index (χ3n) is 1.76. The molecule has 0 unspecified atom stereocenters. The van der Waals surface area contributed by atoms with Gasteiger partial charge in [-0.2, -0.15) is 5.21 Å². The summed E-state index contributed by atoms with van der Waals surface area (Å²) in [6.45, 7) is 0.215. The van der Waals surface area contributed by atoms with E-state index in [0.717, 1.165) is 4.47 Å². The van der Waals surface area contributed by atoms with Gasteiger partial charge in [-0.05, 0) is 28.1 Å². The molecule has 0 radical (unpaired) electrons. The highest BCUT2D eigenvalue weighted by molar-refractivity contribution is 9.10. The number of rotatable bonds is 3. The molecule has 0 aromatic carbocycles. The van der Waals surface area contributed by atoms with Crippen LogP contribution in [0.1, 0.15) is 16.3 Å². The van der Waals surface area contributed by atoms with Crippen LogP contribution in [0.5, 0.6) is 0 Å². The van der Waals surface area contributed by atoms with E-state index in [1.165, 1.54) is 0 Å². The fourth-order valence-corrected chi connectivity index (χ4v) is 1.25. The predicted octanol–water partition coefficient (Wildman–Crippen LogP) is 0.287. The summed E-state index contributed by atoms with van der Waals surface area (Å²) >= 11 is 3.24. The number of pyridine rings is 1. The van der Waals surface area contributed by atoms with Crippen LogP contribution in [0, 0.1) is 0 Å². The van der Waals surface area contributed by atoms with Crippen LogP contribution in [-0.2, 0) is 6.54 Å². The van der Waals surface area contributed by atoms with E-state index in [0.29, 0.717) is 11.5 Å². The van der Waals surface area contributed by atoms with Gasteiger partial charge in [0.05, 0.1) is 6.54 Å². The van der Waals surface area contributed by atoms with Gasteiger partial charge in [0.2, 0.25) is 0 Å². The predicted molar refractivity (Wildman–Crippen MR) is 57.3 cm³/mol. The minimum Gasteiger partial charge on any atom is -0.343 e. The summed E-state index contributed by atoms with van der Waals surface area (Å²) in [5, 5.41) is 15.7. The molecule has 0 aliphatic carbocycles. The van der Waals surface area contributed by atoms with E-state index in [9.17, 15) is 4.79 Å². The van der Waals surface area contributed by atoms with Crippen LogP contribution in [0.25, 0.3) is 0 Å². The first-order valence-corrected chi connectivity index (χ1v) is 5.17. The molecule has 2 rings (SSSR count). The second-order valence-electron chi connectivity index (χ2n) is 2.87. The Bertz CT molecular complexity index is 468. The summed E-state index contributed by atoms with van der Waals surface area (Å²) in [6, 6.07) is 3.37. The van der Waals surface area contributed by atoms with E-state index in [4.69, 9.17) is 0 Å². The smallest absolute Gasteiger partial charge is 0.270 e. The molecule has 0 atom stereocenters. The summed E-state index contributed by atoms with van der Waals surface area (Å²) < 4.78 is 0.821. The maximum Gasteiger partial charge on any atom is 0.270 e. The normalized spacial score (nSPS) is 10.1. The fourth-order valence-electron chi connectivity index (χ4n) is 1.02. The molecule has 8 heteroatoms. The summed E-state index contributed by atoms with van der Waals surface area (Å²) in [5.74, 6) is 0.141. The Hall–Kier alpha value is -1.83. The van der Waals surface area contributed by atoms with E-state index in [1.807, 2.05) is 0 Å². The van der Waals surface area contributed by atoms with E-state index in [2.05, 4.69) is 46.9 Å². The third-order valence-corrected chi connectivity index (χ3v) is 2.23. The molecular formula is C8H7BrN6O. The number of aromatic nitrogens is 5. The van der Waals surface area contributed by atoms with Crippen molar-refractivity contribution in [3.8, 4) is 0 Å². The van der Waals surface area contributed by atoms with Crippen molar-refractivity contribution < 1.29 is 4.79 Å². The molecule has 16 heavy (non-hydrogen) atoms. The number of aromatic amines is 1. The number of hydrogen-bond donors (Lipinski definition) is 2. The third kappa shape index (κ3) is 2.60. The molecule has 82 valence electrons. The lowest BCUT2D eigenvalue weighted by atomic mass is 10.3. The molecule has 0 saturated carbocycles. The maximum atomic E-state index is 11.6. The van der Waals surface area contributed by atoms with Gasteiger partial charge in [0.1, 0.15) is 5.69 Å². The van der Waals surface area contributed by atoms with Crippen molar-refractivity contribution in [2.24, 2.45) is 0 Å². The summed E-state index contributed by atoms with van der Waals surface area (Å²) in [6.07, 6.45) is 1.56. The van der Waals surface area contributed by atoms with Crippen molar-refractivity contribution in [1.82, 2.24) is 30.9 Å². The quantitative estimate of drug-likeness (QED) is 0.843. The van der Waals surface area contributed by atoms with Crippen molar-refractivity contribution in [3.63, 3.8) is 0 Å². The van der Waals surface area contributed by atoms with Crippen LogP contribution in [0.3, 0.4) is 0 Å². The average Bonchev–Trinajstić information content (AvgIpc) is 2.80. The molecule has 2 aromatic rings. The van der Waals surface area contributed by atoms with Gasteiger partial charge in [-0.25, -0.2) is 4.98 Å². The highest BCUT2D eigenvalue weighted by Crippen LogP contribution is 2.07. The van der Waals surface area contributed by atoms with E-state index in [1.54, 1.807) is 18.3 Å². The van der Waals surface area contributed by atoms with Crippen LogP contribution >= 0.6 is 15.9 Å². The summed E-state index contributed by atoms with van der Waals surface area (Å²) in [4.78, 5) is 15.5. The van der Waals surface area contributed by atoms with Gasteiger partial charge in [-0.3, -0.25) is 4.79 Å². The lowest BCUT2D eigenvalue weighted by Gasteiger charge is -2.01. The van der Waals surface area contributed by atoms with Crippen molar-refractivity contribution in [2.75, 3.05) is 0 Å². The molecular weight excluding hydrogens is 276 g/mol. The fraction of sp³-hybridized carbons (Fsp3) is 0.125. The van der Waals surface area contributed by atoms with Crippen molar-refractivity contribution >= 4 is 21.8 Å². The van der Waals surface area contributed by atoms with Gasteiger partial charge in [-0.15, -0.1) is 10.2 Å². The van der Waals surface area contributed by atoms with E-state index in [-0.39, 0.29) is 12.5 Å². The lowest BCUT2D eigenvalue weighted by Crippen LogP contribution is -2.24. The highest BCUT2D eigenvalue weighted by Gasteiger charge is 2.07. The van der Waals surface area contributed by atoms with Crippen molar-refractivity contribution in [2.45, 2.75) is 6.54 Å².